The number of aliphatic hydroxyl groups excluding tert-OH is 1. The highest BCUT2D eigenvalue weighted by molar-refractivity contribution is 5.76. The minimum absolute atomic E-state index is 0.0263. The third-order valence-corrected chi connectivity index (χ3v) is 2.85. The highest BCUT2D eigenvalue weighted by atomic mass is 16.3. The minimum atomic E-state index is -0.343. The van der Waals surface area contributed by atoms with Crippen LogP contribution in [0.2, 0.25) is 0 Å². The predicted octanol–water partition coefficient (Wildman–Crippen LogP) is 0.487. The maximum absolute atomic E-state index is 11.8. The van der Waals surface area contributed by atoms with Gasteiger partial charge in [0.15, 0.2) is 0 Å². The molecule has 1 rings (SSSR count). The third-order valence-electron chi connectivity index (χ3n) is 2.85. The molecule has 1 heterocycles. The molecule has 0 aromatic heterocycles. The second-order valence-electron chi connectivity index (χ2n) is 4.39. The fourth-order valence-corrected chi connectivity index (χ4v) is 2.01. The second kappa shape index (κ2) is 6.08. The van der Waals surface area contributed by atoms with Crippen LogP contribution in [-0.2, 0) is 4.79 Å². The van der Waals surface area contributed by atoms with Crippen molar-refractivity contribution in [3.05, 3.63) is 0 Å². The van der Waals surface area contributed by atoms with E-state index in [1.165, 1.54) is 0 Å². The van der Waals surface area contributed by atoms with Gasteiger partial charge >= 0.3 is 0 Å². The molecule has 1 unspecified atom stereocenters. The van der Waals surface area contributed by atoms with E-state index in [1.807, 2.05) is 0 Å². The van der Waals surface area contributed by atoms with E-state index in [2.05, 4.69) is 6.92 Å². The lowest BCUT2D eigenvalue weighted by molar-refractivity contribution is -0.134. The van der Waals surface area contributed by atoms with Gasteiger partial charge in [-0.15, -0.1) is 0 Å². The summed E-state index contributed by atoms with van der Waals surface area (Å²) < 4.78 is 0. The number of carbonyl (C=O) groups is 1. The molecule has 0 aliphatic carbocycles. The van der Waals surface area contributed by atoms with Crippen molar-refractivity contribution < 1.29 is 9.90 Å². The Morgan fingerprint density at radius 1 is 1.67 bits per heavy atom. The Morgan fingerprint density at radius 3 is 3.00 bits per heavy atom. The molecular formula is C11H22N2O2. The molecule has 1 amide bonds. The zero-order chi connectivity index (χ0) is 11.3. The van der Waals surface area contributed by atoms with Crippen LogP contribution in [0.25, 0.3) is 0 Å². The Kier molecular flexibility index (Phi) is 5.05. The minimum Gasteiger partial charge on any atom is -0.391 e. The van der Waals surface area contributed by atoms with E-state index in [1.54, 1.807) is 4.90 Å². The first-order valence-corrected chi connectivity index (χ1v) is 5.85. The molecule has 0 radical (unpaired) electrons. The molecular weight excluding hydrogens is 192 g/mol. The summed E-state index contributed by atoms with van der Waals surface area (Å²) in [6.45, 7) is 3.32. The van der Waals surface area contributed by atoms with Crippen molar-refractivity contribution in [1.29, 1.82) is 0 Å². The van der Waals surface area contributed by atoms with Crippen molar-refractivity contribution in [3.8, 4) is 0 Å². The average molecular weight is 214 g/mol. The second-order valence-corrected chi connectivity index (χ2v) is 4.39. The van der Waals surface area contributed by atoms with Gasteiger partial charge in [-0.1, -0.05) is 13.3 Å². The molecule has 1 fully saturated rings. The number of β-amino-alcohol motifs (C(OH)–C–C–N with tert-alkyl or cyclic N) is 1. The van der Waals surface area contributed by atoms with Gasteiger partial charge in [0.25, 0.3) is 0 Å². The van der Waals surface area contributed by atoms with Crippen LogP contribution in [-0.4, -0.2) is 41.1 Å². The summed E-state index contributed by atoms with van der Waals surface area (Å²) in [5.74, 6) is 0.0923. The molecule has 1 aliphatic rings. The first kappa shape index (κ1) is 12.5. The lowest BCUT2D eigenvalue weighted by Crippen LogP contribution is -2.44. The van der Waals surface area contributed by atoms with Crippen LogP contribution in [0.15, 0.2) is 0 Å². The van der Waals surface area contributed by atoms with E-state index < -0.39 is 0 Å². The van der Waals surface area contributed by atoms with Gasteiger partial charge in [0.1, 0.15) is 0 Å². The number of hydrogen-bond acceptors (Lipinski definition) is 3. The van der Waals surface area contributed by atoms with E-state index in [-0.39, 0.29) is 18.1 Å². The number of nitrogens with zero attached hydrogens (tertiary/aromatic N) is 1. The Hall–Kier alpha value is -0.610. The van der Waals surface area contributed by atoms with Gasteiger partial charge in [-0.05, 0) is 19.3 Å². The van der Waals surface area contributed by atoms with Crippen LogP contribution in [0.3, 0.4) is 0 Å². The number of aliphatic hydroxyl groups is 1. The fraction of sp³-hybridized carbons (Fsp3) is 0.909. The standard InChI is InChI=1S/C11H22N2O2/c1-2-4-9(12)7-11(15)13-6-3-5-10(14)8-13/h9-10,14H,2-8,12H2,1H3/t9?,10-/m0/s1. The molecule has 2 atom stereocenters. The molecule has 4 nitrogen and oxygen atoms in total. The summed E-state index contributed by atoms with van der Waals surface area (Å²) >= 11 is 0. The summed E-state index contributed by atoms with van der Waals surface area (Å²) in [5, 5.41) is 9.44. The zero-order valence-corrected chi connectivity index (χ0v) is 9.48. The maximum Gasteiger partial charge on any atom is 0.224 e. The Bertz CT molecular complexity index is 209. The van der Waals surface area contributed by atoms with Gasteiger partial charge in [0.2, 0.25) is 5.91 Å². The molecule has 3 N–H and O–H groups in total. The van der Waals surface area contributed by atoms with Crippen LogP contribution < -0.4 is 5.73 Å². The van der Waals surface area contributed by atoms with Crippen LogP contribution in [0.5, 0.6) is 0 Å². The molecule has 0 saturated carbocycles. The van der Waals surface area contributed by atoms with Gasteiger partial charge in [-0.25, -0.2) is 0 Å². The number of likely N-dealkylation sites (tertiary alicyclic amines) is 1. The highest BCUT2D eigenvalue weighted by Crippen LogP contribution is 2.12. The normalized spacial score (nSPS) is 23.9. The van der Waals surface area contributed by atoms with E-state index in [4.69, 9.17) is 5.73 Å². The Balaban J connectivity index is 2.32. The third kappa shape index (κ3) is 4.18. The van der Waals surface area contributed by atoms with Crippen LogP contribution in [0.4, 0.5) is 0 Å². The van der Waals surface area contributed by atoms with Gasteiger partial charge < -0.3 is 15.7 Å². The molecule has 4 heteroatoms. The van der Waals surface area contributed by atoms with Crippen molar-refractivity contribution in [2.45, 2.75) is 51.2 Å². The van der Waals surface area contributed by atoms with Crippen LogP contribution >= 0.6 is 0 Å². The van der Waals surface area contributed by atoms with Gasteiger partial charge in [0, 0.05) is 25.6 Å². The van der Waals surface area contributed by atoms with E-state index in [0.29, 0.717) is 13.0 Å². The van der Waals surface area contributed by atoms with Crippen molar-refractivity contribution in [1.82, 2.24) is 4.90 Å². The lowest BCUT2D eigenvalue weighted by atomic mass is 10.1. The quantitative estimate of drug-likeness (QED) is 0.715. The molecule has 88 valence electrons. The number of nitrogens with two attached hydrogens (primary N) is 1. The van der Waals surface area contributed by atoms with Crippen molar-refractivity contribution in [3.63, 3.8) is 0 Å². The highest BCUT2D eigenvalue weighted by Gasteiger charge is 2.22. The van der Waals surface area contributed by atoms with Crippen LogP contribution in [0, 0.1) is 0 Å². The Morgan fingerprint density at radius 2 is 2.40 bits per heavy atom. The van der Waals surface area contributed by atoms with Crippen molar-refractivity contribution in [2.75, 3.05) is 13.1 Å². The zero-order valence-electron chi connectivity index (χ0n) is 9.48. The first-order valence-electron chi connectivity index (χ1n) is 5.85. The summed E-state index contributed by atoms with van der Waals surface area (Å²) in [4.78, 5) is 13.5. The molecule has 0 aromatic rings. The molecule has 0 aromatic carbocycles. The average Bonchev–Trinajstić information content (AvgIpc) is 2.18. The summed E-state index contributed by atoms with van der Waals surface area (Å²) in [5.41, 5.74) is 5.82. The Labute approximate surface area is 91.4 Å². The number of hydrogen-bond donors (Lipinski definition) is 2. The molecule has 1 aliphatic heterocycles. The largest absolute Gasteiger partial charge is 0.391 e. The number of carbonyl (C=O) groups excluding carboxylic acids is 1. The van der Waals surface area contributed by atoms with Gasteiger partial charge in [-0.2, -0.15) is 0 Å². The predicted molar refractivity (Wildman–Crippen MR) is 59.3 cm³/mol. The van der Waals surface area contributed by atoms with Gasteiger partial charge in [-0.3, -0.25) is 4.79 Å². The fourth-order valence-electron chi connectivity index (χ4n) is 2.01. The monoisotopic (exact) mass is 214 g/mol. The van der Waals surface area contributed by atoms with E-state index in [0.717, 1.165) is 32.2 Å². The molecule has 0 spiro atoms. The molecule has 0 bridgehead atoms. The van der Waals surface area contributed by atoms with E-state index >= 15 is 0 Å². The topological polar surface area (TPSA) is 66.6 Å². The van der Waals surface area contributed by atoms with Crippen molar-refractivity contribution >= 4 is 5.91 Å². The number of amides is 1. The first-order chi connectivity index (χ1) is 7.13. The smallest absolute Gasteiger partial charge is 0.224 e. The number of rotatable bonds is 4. The van der Waals surface area contributed by atoms with Crippen LogP contribution in [0.1, 0.15) is 39.0 Å². The van der Waals surface area contributed by atoms with Crippen molar-refractivity contribution in [2.24, 2.45) is 5.73 Å². The SMILES string of the molecule is CCCC(N)CC(=O)N1CCC[C@H](O)C1. The summed E-state index contributed by atoms with van der Waals surface area (Å²) in [7, 11) is 0. The lowest BCUT2D eigenvalue weighted by Gasteiger charge is -2.30. The van der Waals surface area contributed by atoms with E-state index in [9.17, 15) is 9.90 Å². The molecule has 1 saturated heterocycles. The molecule has 15 heavy (non-hydrogen) atoms. The number of piperidine rings is 1. The summed E-state index contributed by atoms with van der Waals surface area (Å²) in [6, 6.07) is -0.0263. The maximum atomic E-state index is 11.8. The summed E-state index contributed by atoms with van der Waals surface area (Å²) in [6.07, 6.45) is 3.69. The van der Waals surface area contributed by atoms with Gasteiger partial charge in [0.05, 0.1) is 6.10 Å².